The zero-order valence-corrected chi connectivity index (χ0v) is 8.90. The summed E-state index contributed by atoms with van der Waals surface area (Å²) in [7, 11) is 0. The highest BCUT2D eigenvalue weighted by molar-refractivity contribution is 5.82. The van der Waals surface area contributed by atoms with Crippen LogP contribution in [-0.2, 0) is 4.79 Å². The molecule has 0 heterocycles. The maximum Gasteiger partial charge on any atom is 0.406 e. The Morgan fingerprint density at radius 1 is 1.53 bits per heavy atom. The van der Waals surface area contributed by atoms with Gasteiger partial charge in [-0.3, -0.25) is 10.1 Å². The largest absolute Gasteiger partial charge is 0.474 e. The molecule has 1 rings (SSSR count). The zero-order chi connectivity index (χ0) is 13.1. The van der Waals surface area contributed by atoms with E-state index in [0.29, 0.717) is 4.90 Å². The second kappa shape index (κ2) is 4.49. The van der Waals surface area contributed by atoms with Crippen LogP contribution in [0, 0.1) is 21.6 Å². The molecule has 0 saturated carbocycles. The highest BCUT2D eigenvalue weighted by Crippen LogP contribution is 2.24. The predicted molar refractivity (Wildman–Crippen MR) is 57.6 cm³/mol. The molecule has 1 N–H and O–H groups in total. The van der Waals surface area contributed by atoms with Crippen molar-refractivity contribution in [2.45, 2.75) is 12.6 Å². The summed E-state index contributed by atoms with van der Waals surface area (Å²) in [6.45, 7) is 0.867. The molecule has 0 amide bonds. The molecule has 0 aliphatic heterocycles. The lowest BCUT2D eigenvalue weighted by molar-refractivity contribution is -0.547. The maximum absolute atomic E-state index is 11.0. The van der Waals surface area contributed by atoms with Gasteiger partial charge in [-0.2, -0.15) is 5.26 Å². The van der Waals surface area contributed by atoms with Crippen molar-refractivity contribution in [1.29, 1.82) is 5.26 Å². The van der Waals surface area contributed by atoms with Gasteiger partial charge in [0, 0.05) is 6.92 Å². The van der Waals surface area contributed by atoms with Crippen molar-refractivity contribution in [2.75, 3.05) is 4.90 Å². The Bertz CT molecular complexity index is 466. The summed E-state index contributed by atoms with van der Waals surface area (Å²) in [4.78, 5) is 21.4. The average molecular weight is 235 g/mol. The van der Waals surface area contributed by atoms with Crippen molar-refractivity contribution in [3.8, 4) is 6.19 Å². The molecule has 88 valence electrons. The molecule has 0 bridgehead atoms. The minimum atomic E-state index is -2.52. The lowest BCUT2D eigenvalue weighted by Crippen LogP contribution is -2.56. The topological polar surface area (TPSA) is 107 Å². The Kier molecular flexibility index (Phi) is 3.29. The Balaban J connectivity index is 3.32. The van der Waals surface area contributed by atoms with Gasteiger partial charge in [0.25, 0.3) is 0 Å². The van der Waals surface area contributed by atoms with Crippen LogP contribution in [0.1, 0.15) is 6.92 Å². The van der Waals surface area contributed by atoms with Gasteiger partial charge in [0.15, 0.2) is 6.19 Å². The molecule has 0 aromatic heterocycles. The van der Waals surface area contributed by atoms with Crippen LogP contribution in [0.4, 0.5) is 5.69 Å². The fourth-order valence-electron chi connectivity index (χ4n) is 1.24. The molecular formula is C10H9N3O4. The Morgan fingerprint density at radius 2 is 2.06 bits per heavy atom. The number of hydrogen-bond acceptors (Lipinski definition) is 5. The number of aliphatic carboxylic acids is 1. The summed E-state index contributed by atoms with van der Waals surface area (Å²) < 4.78 is 0. The monoisotopic (exact) mass is 235 g/mol. The van der Waals surface area contributed by atoms with Crippen molar-refractivity contribution >= 4 is 11.7 Å². The molecule has 0 unspecified atom stereocenters. The molecule has 0 aliphatic carbocycles. The maximum atomic E-state index is 11.0. The molecule has 17 heavy (non-hydrogen) atoms. The van der Waals surface area contributed by atoms with Crippen molar-refractivity contribution in [2.24, 2.45) is 0 Å². The number of anilines is 1. The standard InChI is InChI=1S/C10H9N3O4/c1-10(9(14)15,13(16)17)12(7-11)8-5-3-2-4-6-8/h2-6H,1H3,(H,14,15)/t10-/m1/s1. The number of rotatable bonds is 4. The van der Waals surface area contributed by atoms with Gasteiger partial charge < -0.3 is 5.11 Å². The lowest BCUT2D eigenvalue weighted by Gasteiger charge is -2.25. The number of carboxylic acids is 1. The van der Waals surface area contributed by atoms with Gasteiger partial charge in [0.2, 0.25) is 0 Å². The van der Waals surface area contributed by atoms with Crippen LogP contribution in [0.15, 0.2) is 30.3 Å². The molecule has 0 radical (unpaired) electrons. The first-order valence-corrected chi connectivity index (χ1v) is 4.57. The number of nitro groups is 1. The van der Waals surface area contributed by atoms with Gasteiger partial charge in [0.05, 0.1) is 10.6 Å². The van der Waals surface area contributed by atoms with Crippen LogP contribution in [0.2, 0.25) is 0 Å². The van der Waals surface area contributed by atoms with Crippen molar-refractivity contribution in [1.82, 2.24) is 0 Å². The first kappa shape index (κ1) is 12.4. The van der Waals surface area contributed by atoms with Crippen LogP contribution < -0.4 is 4.90 Å². The summed E-state index contributed by atoms with van der Waals surface area (Å²) in [5.41, 5.74) is -2.37. The molecule has 1 aromatic carbocycles. The van der Waals surface area contributed by atoms with Gasteiger partial charge >= 0.3 is 11.6 Å². The minimum absolute atomic E-state index is 0.150. The number of hydrogen-bond donors (Lipinski definition) is 1. The van der Waals surface area contributed by atoms with Crippen molar-refractivity contribution in [3.05, 3.63) is 40.4 Å². The number of benzene rings is 1. The van der Waals surface area contributed by atoms with E-state index in [1.807, 2.05) is 0 Å². The third-order valence-corrected chi connectivity index (χ3v) is 2.31. The first-order chi connectivity index (χ1) is 7.94. The summed E-state index contributed by atoms with van der Waals surface area (Å²) in [6, 6.07) is 7.62. The van der Waals surface area contributed by atoms with E-state index in [1.54, 1.807) is 18.2 Å². The summed E-state index contributed by atoms with van der Waals surface area (Å²) in [6.07, 6.45) is 1.53. The van der Waals surface area contributed by atoms with E-state index >= 15 is 0 Å². The van der Waals surface area contributed by atoms with Gasteiger partial charge in [0.1, 0.15) is 0 Å². The number of nitriles is 1. The summed E-state index contributed by atoms with van der Waals surface area (Å²) >= 11 is 0. The number of carbonyl (C=O) groups is 1. The number of carboxylic acid groups (broad SMARTS) is 1. The molecule has 1 aromatic rings. The van der Waals surface area contributed by atoms with E-state index < -0.39 is 16.6 Å². The summed E-state index contributed by atoms with van der Waals surface area (Å²) in [5.74, 6) is -1.70. The van der Waals surface area contributed by atoms with Crippen LogP contribution in [0.25, 0.3) is 0 Å². The third-order valence-electron chi connectivity index (χ3n) is 2.31. The minimum Gasteiger partial charge on any atom is -0.474 e. The lowest BCUT2D eigenvalue weighted by atomic mass is 10.1. The van der Waals surface area contributed by atoms with Gasteiger partial charge in [-0.15, -0.1) is 0 Å². The molecule has 0 saturated heterocycles. The molecule has 0 fully saturated rings. The quantitative estimate of drug-likeness (QED) is 0.275. The Hall–Kier alpha value is -2.62. The fourth-order valence-corrected chi connectivity index (χ4v) is 1.24. The molecule has 7 heteroatoms. The van der Waals surface area contributed by atoms with E-state index in [9.17, 15) is 14.9 Å². The zero-order valence-electron chi connectivity index (χ0n) is 8.90. The highest BCUT2D eigenvalue weighted by Gasteiger charge is 2.53. The highest BCUT2D eigenvalue weighted by atomic mass is 16.6. The van der Waals surface area contributed by atoms with Crippen LogP contribution >= 0.6 is 0 Å². The first-order valence-electron chi connectivity index (χ1n) is 4.57. The normalized spacial score (nSPS) is 13.2. The van der Waals surface area contributed by atoms with E-state index in [1.165, 1.54) is 18.3 Å². The number of para-hydroxylation sites is 1. The van der Waals surface area contributed by atoms with E-state index in [4.69, 9.17) is 10.4 Å². The van der Waals surface area contributed by atoms with Crippen LogP contribution in [-0.4, -0.2) is 21.7 Å². The SMILES string of the molecule is C[C@@](C(=O)O)(N(C#N)c1ccccc1)[N+](=O)[O-]. The second-order valence-corrected chi connectivity index (χ2v) is 3.35. The average Bonchev–Trinajstić information content (AvgIpc) is 2.30. The third kappa shape index (κ3) is 2.01. The Morgan fingerprint density at radius 3 is 2.41 bits per heavy atom. The molecule has 0 aliphatic rings. The second-order valence-electron chi connectivity index (χ2n) is 3.35. The molecule has 1 atom stereocenters. The molecular weight excluding hydrogens is 226 g/mol. The van der Waals surface area contributed by atoms with Crippen LogP contribution in [0.3, 0.4) is 0 Å². The number of nitrogens with zero attached hydrogens (tertiary/aromatic N) is 3. The molecule has 0 spiro atoms. The van der Waals surface area contributed by atoms with Gasteiger partial charge in [-0.05, 0) is 12.1 Å². The fraction of sp³-hybridized carbons (Fsp3) is 0.200. The van der Waals surface area contributed by atoms with E-state index in [0.717, 1.165) is 6.92 Å². The van der Waals surface area contributed by atoms with Gasteiger partial charge in [-0.25, -0.2) is 9.69 Å². The van der Waals surface area contributed by atoms with E-state index in [-0.39, 0.29) is 5.69 Å². The smallest absolute Gasteiger partial charge is 0.406 e. The van der Waals surface area contributed by atoms with Crippen LogP contribution in [0.5, 0.6) is 0 Å². The van der Waals surface area contributed by atoms with E-state index in [2.05, 4.69) is 0 Å². The van der Waals surface area contributed by atoms with Gasteiger partial charge in [-0.1, -0.05) is 18.2 Å². The summed E-state index contributed by atoms with van der Waals surface area (Å²) in [5, 5.41) is 28.7. The van der Waals surface area contributed by atoms with Crippen molar-refractivity contribution in [3.63, 3.8) is 0 Å². The predicted octanol–water partition coefficient (Wildman–Crippen LogP) is 1.05. The van der Waals surface area contributed by atoms with Crippen molar-refractivity contribution < 1.29 is 14.8 Å². The Labute approximate surface area is 96.7 Å². The molecule has 7 nitrogen and oxygen atoms in total.